The number of rotatable bonds is 7. The van der Waals surface area contributed by atoms with Crippen LogP contribution in [0.3, 0.4) is 0 Å². The number of nitrogens with one attached hydrogen (secondary N) is 1. The molecule has 5 heteroatoms. The topological polar surface area (TPSA) is 38.3 Å². The molecule has 5 rings (SSSR count). The molecule has 0 heterocycles. The monoisotopic (exact) mass is 409 g/mol. The fraction of sp³-hybridized carbons (Fsp3) is 0.682. The summed E-state index contributed by atoms with van der Waals surface area (Å²) in [4.78, 5) is 12.5. The molecule has 0 aromatic heterocycles. The molecule has 1 amide bonds. The van der Waals surface area contributed by atoms with Crippen molar-refractivity contribution in [2.75, 3.05) is 6.61 Å². The summed E-state index contributed by atoms with van der Waals surface area (Å²) in [6, 6.07) is 5.46. The van der Waals surface area contributed by atoms with E-state index < -0.39 is 0 Å². The van der Waals surface area contributed by atoms with Gasteiger partial charge in [0, 0.05) is 17.5 Å². The molecule has 4 aliphatic carbocycles. The number of ether oxygens (including phenoxy) is 1. The highest BCUT2D eigenvalue weighted by Crippen LogP contribution is 2.61. The maximum atomic E-state index is 12.5. The summed E-state index contributed by atoms with van der Waals surface area (Å²) in [5.74, 6) is 3.49. The highest BCUT2D eigenvalue weighted by molar-refractivity contribution is 6.35. The number of carbonyl (C=O) groups is 1. The van der Waals surface area contributed by atoms with Crippen LogP contribution in [0.1, 0.15) is 58.3 Å². The second-order valence-corrected chi connectivity index (χ2v) is 9.94. The van der Waals surface area contributed by atoms with Gasteiger partial charge in [0.1, 0.15) is 5.75 Å². The minimum absolute atomic E-state index is 0.143. The Morgan fingerprint density at radius 1 is 1.19 bits per heavy atom. The summed E-state index contributed by atoms with van der Waals surface area (Å²) in [6.07, 6.45) is 9.43. The first kappa shape index (κ1) is 19.4. The number of hydrogen-bond donors (Lipinski definition) is 1. The van der Waals surface area contributed by atoms with Gasteiger partial charge < -0.3 is 10.1 Å². The zero-order chi connectivity index (χ0) is 19.0. The Morgan fingerprint density at radius 3 is 2.41 bits per heavy atom. The third kappa shape index (κ3) is 4.24. The van der Waals surface area contributed by atoms with Crippen molar-refractivity contribution in [2.24, 2.45) is 23.2 Å². The molecule has 4 aliphatic rings. The van der Waals surface area contributed by atoms with Crippen LogP contribution in [0.25, 0.3) is 0 Å². The van der Waals surface area contributed by atoms with Crippen LogP contribution in [0.5, 0.6) is 5.75 Å². The zero-order valence-electron chi connectivity index (χ0n) is 16.0. The summed E-state index contributed by atoms with van der Waals surface area (Å²) < 4.78 is 5.68. The molecule has 0 unspecified atom stereocenters. The Balaban J connectivity index is 1.22. The van der Waals surface area contributed by atoms with Crippen LogP contribution in [0, 0.1) is 23.2 Å². The molecule has 27 heavy (non-hydrogen) atoms. The highest BCUT2D eigenvalue weighted by atomic mass is 35.5. The summed E-state index contributed by atoms with van der Waals surface area (Å²) in [7, 11) is 0. The molecular weight excluding hydrogens is 381 g/mol. The SMILES string of the molecule is C[C@H](NC(=O)CCCOc1ccc(Cl)cc1Cl)C12CC3CC(CC(C3)C1)C2. The van der Waals surface area contributed by atoms with E-state index in [0.29, 0.717) is 40.7 Å². The van der Waals surface area contributed by atoms with Crippen molar-refractivity contribution in [3.63, 3.8) is 0 Å². The molecule has 4 saturated carbocycles. The fourth-order valence-corrected chi connectivity index (χ4v) is 6.64. The highest BCUT2D eigenvalue weighted by Gasteiger charge is 2.53. The summed E-state index contributed by atoms with van der Waals surface area (Å²) in [5.41, 5.74) is 0.359. The number of amides is 1. The quantitative estimate of drug-likeness (QED) is 0.571. The molecule has 0 radical (unpaired) electrons. The van der Waals surface area contributed by atoms with E-state index in [2.05, 4.69) is 12.2 Å². The molecule has 1 aromatic carbocycles. The fourth-order valence-electron chi connectivity index (χ4n) is 6.18. The normalized spacial score (nSPS) is 32.3. The van der Waals surface area contributed by atoms with Crippen molar-refractivity contribution in [3.8, 4) is 5.75 Å². The summed E-state index contributed by atoms with van der Waals surface area (Å²) in [6.45, 7) is 2.70. The smallest absolute Gasteiger partial charge is 0.220 e. The molecular formula is C22H29Cl2NO2. The number of benzene rings is 1. The van der Waals surface area contributed by atoms with Gasteiger partial charge in [-0.2, -0.15) is 0 Å². The van der Waals surface area contributed by atoms with Crippen molar-refractivity contribution in [1.29, 1.82) is 0 Å². The van der Waals surface area contributed by atoms with Gasteiger partial charge in [0.25, 0.3) is 0 Å². The van der Waals surface area contributed by atoms with Gasteiger partial charge in [0.15, 0.2) is 0 Å². The minimum atomic E-state index is 0.143. The van der Waals surface area contributed by atoms with Gasteiger partial charge >= 0.3 is 0 Å². The van der Waals surface area contributed by atoms with Gasteiger partial charge in [-0.05, 0) is 93.2 Å². The average Bonchev–Trinajstić information content (AvgIpc) is 2.59. The van der Waals surface area contributed by atoms with Gasteiger partial charge in [0.05, 0.1) is 11.6 Å². The Morgan fingerprint density at radius 2 is 1.81 bits per heavy atom. The largest absolute Gasteiger partial charge is 0.492 e. The van der Waals surface area contributed by atoms with Crippen LogP contribution in [-0.4, -0.2) is 18.6 Å². The van der Waals surface area contributed by atoms with Crippen LogP contribution in [0.4, 0.5) is 0 Å². The van der Waals surface area contributed by atoms with E-state index in [9.17, 15) is 4.79 Å². The number of carbonyl (C=O) groups excluding carboxylic acids is 1. The average molecular weight is 410 g/mol. The lowest BCUT2D eigenvalue weighted by atomic mass is 9.48. The van der Waals surface area contributed by atoms with Crippen LogP contribution < -0.4 is 10.1 Å². The number of hydrogen-bond acceptors (Lipinski definition) is 2. The van der Waals surface area contributed by atoms with Crippen LogP contribution in [-0.2, 0) is 4.79 Å². The van der Waals surface area contributed by atoms with E-state index >= 15 is 0 Å². The molecule has 4 fully saturated rings. The first-order valence-corrected chi connectivity index (χ1v) is 11.1. The Labute approximate surface area is 172 Å². The Kier molecular flexibility index (Phi) is 5.62. The molecule has 1 atom stereocenters. The predicted octanol–water partition coefficient (Wildman–Crippen LogP) is 5.87. The van der Waals surface area contributed by atoms with Crippen LogP contribution in [0.15, 0.2) is 18.2 Å². The Hall–Kier alpha value is -0.930. The van der Waals surface area contributed by atoms with Gasteiger partial charge in [-0.1, -0.05) is 23.2 Å². The van der Waals surface area contributed by atoms with E-state index in [1.165, 1.54) is 38.5 Å². The van der Waals surface area contributed by atoms with E-state index in [1.807, 2.05) is 0 Å². The van der Waals surface area contributed by atoms with E-state index in [-0.39, 0.29) is 11.9 Å². The van der Waals surface area contributed by atoms with E-state index in [4.69, 9.17) is 27.9 Å². The van der Waals surface area contributed by atoms with Gasteiger partial charge in [-0.15, -0.1) is 0 Å². The summed E-state index contributed by atoms with van der Waals surface area (Å²) in [5, 5.41) is 4.41. The van der Waals surface area contributed by atoms with Crippen molar-refractivity contribution < 1.29 is 9.53 Å². The second kappa shape index (κ2) is 7.83. The third-order valence-corrected chi connectivity index (χ3v) is 7.61. The molecule has 0 spiro atoms. The van der Waals surface area contributed by atoms with Crippen molar-refractivity contribution in [1.82, 2.24) is 5.32 Å². The third-order valence-electron chi connectivity index (χ3n) is 7.08. The zero-order valence-corrected chi connectivity index (χ0v) is 17.5. The lowest BCUT2D eigenvalue weighted by Gasteiger charge is -2.59. The van der Waals surface area contributed by atoms with Crippen molar-refractivity contribution in [2.45, 2.75) is 64.3 Å². The molecule has 4 bridgehead atoms. The molecule has 0 saturated heterocycles. The summed E-state index contributed by atoms with van der Waals surface area (Å²) >= 11 is 12.0. The van der Waals surface area contributed by atoms with Crippen molar-refractivity contribution in [3.05, 3.63) is 28.2 Å². The standard InChI is InChI=1S/C22H29Cl2NO2/c1-14(22-11-15-7-16(12-22)9-17(8-15)13-22)25-21(26)3-2-6-27-20-5-4-18(23)10-19(20)24/h4-5,10,14-17H,2-3,6-9,11-13H2,1H3,(H,25,26)/t14-,15?,16?,17?,22?/m0/s1. The maximum Gasteiger partial charge on any atom is 0.220 e. The predicted molar refractivity (Wildman–Crippen MR) is 109 cm³/mol. The minimum Gasteiger partial charge on any atom is -0.492 e. The Bertz CT molecular complexity index is 670. The molecule has 3 nitrogen and oxygen atoms in total. The van der Waals surface area contributed by atoms with Crippen LogP contribution in [0.2, 0.25) is 10.0 Å². The van der Waals surface area contributed by atoms with Gasteiger partial charge in [-0.3, -0.25) is 4.79 Å². The van der Waals surface area contributed by atoms with E-state index in [0.717, 1.165) is 17.8 Å². The first-order valence-electron chi connectivity index (χ1n) is 10.3. The molecule has 0 aliphatic heterocycles. The maximum absolute atomic E-state index is 12.5. The molecule has 1 aromatic rings. The van der Waals surface area contributed by atoms with Gasteiger partial charge in [0.2, 0.25) is 5.91 Å². The lowest BCUT2D eigenvalue weighted by Crippen LogP contribution is -2.55. The van der Waals surface area contributed by atoms with Gasteiger partial charge in [-0.25, -0.2) is 0 Å². The second-order valence-electron chi connectivity index (χ2n) is 9.10. The molecule has 1 N–H and O–H groups in total. The van der Waals surface area contributed by atoms with Crippen molar-refractivity contribution >= 4 is 29.1 Å². The first-order chi connectivity index (χ1) is 12.9. The lowest BCUT2D eigenvalue weighted by molar-refractivity contribution is -0.126. The number of halogens is 2. The van der Waals surface area contributed by atoms with E-state index in [1.54, 1.807) is 18.2 Å². The van der Waals surface area contributed by atoms with Crippen LogP contribution >= 0.6 is 23.2 Å². The molecule has 148 valence electrons.